The van der Waals surface area contributed by atoms with E-state index in [0.29, 0.717) is 0 Å². The molecule has 0 saturated carbocycles. The van der Waals surface area contributed by atoms with E-state index in [9.17, 15) is 0 Å². The molecular formula is C20H30O2. The van der Waals surface area contributed by atoms with Gasteiger partial charge >= 0.3 is 0 Å². The molecule has 0 bridgehead atoms. The summed E-state index contributed by atoms with van der Waals surface area (Å²) in [7, 11) is 0. The van der Waals surface area contributed by atoms with Crippen LogP contribution in [-0.2, 0) is 9.78 Å². The summed E-state index contributed by atoms with van der Waals surface area (Å²) in [5.74, 6) is 0. The van der Waals surface area contributed by atoms with Crippen molar-refractivity contribution in [2.45, 2.75) is 84.3 Å². The van der Waals surface area contributed by atoms with Gasteiger partial charge in [-0.05, 0) is 75.9 Å². The van der Waals surface area contributed by atoms with Gasteiger partial charge in [0.1, 0.15) is 11.7 Å². The predicted octanol–water partition coefficient (Wildman–Crippen LogP) is 5.66. The molecular weight excluding hydrogens is 272 g/mol. The maximum Gasteiger partial charge on any atom is 0.119 e. The van der Waals surface area contributed by atoms with Crippen LogP contribution in [0.15, 0.2) is 34.9 Å². The van der Waals surface area contributed by atoms with Crippen molar-refractivity contribution in [2.75, 3.05) is 0 Å². The minimum Gasteiger partial charge on any atom is -0.228 e. The van der Waals surface area contributed by atoms with Crippen molar-refractivity contribution in [1.29, 1.82) is 0 Å². The normalized spacial score (nSPS) is 38.1. The second-order valence-corrected chi connectivity index (χ2v) is 8.17. The average Bonchev–Trinajstić information content (AvgIpc) is 2.79. The van der Waals surface area contributed by atoms with Crippen molar-refractivity contribution in [3.8, 4) is 0 Å². The van der Waals surface area contributed by atoms with E-state index < -0.39 is 0 Å². The van der Waals surface area contributed by atoms with Crippen molar-refractivity contribution >= 4 is 0 Å². The molecule has 0 unspecified atom stereocenters. The van der Waals surface area contributed by atoms with Crippen LogP contribution in [0.3, 0.4) is 0 Å². The largest absolute Gasteiger partial charge is 0.228 e. The van der Waals surface area contributed by atoms with E-state index >= 15 is 0 Å². The van der Waals surface area contributed by atoms with E-state index in [1.807, 2.05) is 0 Å². The van der Waals surface area contributed by atoms with Crippen molar-refractivity contribution in [3.05, 3.63) is 34.9 Å². The molecule has 0 saturated heterocycles. The highest BCUT2D eigenvalue weighted by molar-refractivity contribution is 5.38. The van der Waals surface area contributed by atoms with E-state index in [2.05, 4.69) is 40.3 Å². The van der Waals surface area contributed by atoms with Crippen LogP contribution in [0.4, 0.5) is 0 Å². The third kappa shape index (κ3) is 2.83. The molecule has 1 heterocycles. The minimum absolute atomic E-state index is 0.0955. The zero-order valence-corrected chi connectivity index (χ0v) is 14.6. The first kappa shape index (κ1) is 16.0. The number of allylic oxidation sites excluding steroid dienone is 2. The van der Waals surface area contributed by atoms with Crippen molar-refractivity contribution in [2.24, 2.45) is 5.41 Å². The molecule has 0 fully saturated rings. The van der Waals surface area contributed by atoms with E-state index in [-0.39, 0.29) is 17.1 Å². The average molecular weight is 302 g/mol. The number of hydrogen-bond acceptors (Lipinski definition) is 2. The van der Waals surface area contributed by atoms with Gasteiger partial charge in [-0.3, -0.25) is 0 Å². The molecule has 2 aliphatic carbocycles. The van der Waals surface area contributed by atoms with Crippen molar-refractivity contribution in [1.82, 2.24) is 0 Å². The lowest BCUT2D eigenvalue weighted by Gasteiger charge is -2.40. The maximum atomic E-state index is 5.89. The second-order valence-electron chi connectivity index (χ2n) is 8.17. The number of rotatable bonds is 0. The monoisotopic (exact) mass is 302 g/mol. The second kappa shape index (κ2) is 5.65. The molecule has 2 nitrogen and oxygen atoms in total. The van der Waals surface area contributed by atoms with Crippen LogP contribution in [0.5, 0.6) is 0 Å². The van der Waals surface area contributed by atoms with Crippen LogP contribution < -0.4 is 0 Å². The Bertz CT molecular complexity index is 538. The van der Waals surface area contributed by atoms with Crippen LogP contribution >= 0.6 is 0 Å². The summed E-state index contributed by atoms with van der Waals surface area (Å²) in [5, 5.41) is 0. The smallest absolute Gasteiger partial charge is 0.119 e. The highest BCUT2D eigenvalue weighted by Gasteiger charge is 2.48. The lowest BCUT2D eigenvalue weighted by atomic mass is 9.74. The summed E-state index contributed by atoms with van der Waals surface area (Å²) < 4.78 is 0. The Morgan fingerprint density at radius 3 is 2.64 bits per heavy atom. The lowest BCUT2D eigenvalue weighted by molar-refractivity contribution is -0.371. The maximum absolute atomic E-state index is 5.89. The van der Waals surface area contributed by atoms with Crippen LogP contribution in [-0.4, -0.2) is 11.7 Å². The summed E-state index contributed by atoms with van der Waals surface area (Å²) in [6, 6.07) is 0. The van der Waals surface area contributed by atoms with Gasteiger partial charge < -0.3 is 0 Å². The zero-order chi connectivity index (χ0) is 16.0. The Balaban J connectivity index is 2.02. The molecule has 1 aliphatic heterocycles. The highest BCUT2D eigenvalue weighted by Crippen LogP contribution is 2.55. The van der Waals surface area contributed by atoms with E-state index in [1.165, 1.54) is 35.1 Å². The molecule has 0 spiro atoms. The van der Waals surface area contributed by atoms with Crippen LogP contribution in [0, 0.1) is 5.41 Å². The fraction of sp³-hybridized carbons (Fsp3) is 0.700. The summed E-state index contributed by atoms with van der Waals surface area (Å²) in [4.78, 5) is 11.7. The topological polar surface area (TPSA) is 18.5 Å². The summed E-state index contributed by atoms with van der Waals surface area (Å²) in [5.41, 5.74) is 5.79. The van der Waals surface area contributed by atoms with Gasteiger partial charge in [0, 0.05) is 6.42 Å². The molecule has 0 aromatic carbocycles. The zero-order valence-electron chi connectivity index (χ0n) is 14.6. The minimum atomic E-state index is -0.279. The standard InChI is InChI=1S/C20H30O2/c1-14-7-6-8-15(2)13-17-18-16(19(3,4)22-21-17)10-12-20(18,5)11-9-14/h8,17H,1,6-7,9-13H2,2-5H3/b15-8+/t17-,20-/m1/s1. The highest BCUT2D eigenvalue weighted by atomic mass is 17.2. The van der Waals surface area contributed by atoms with Gasteiger partial charge in [0.25, 0.3) is 0 Å². The lowest BCUT2D eigenvalue weighted by Crippen LogP contribution is -2.39. The van der Waals surface area contributed by atoms with Crippen LogP contribution in [0.2, 0.25) is 0 Å². The molecule has 0 amide bonds. The summed E-state index contributed by atoms with van der Waals surface area (Å²) in [6.07, 6.45) is 10.3. The third-order valence-electron chi connectivity index (χ3n) is 5.85. The Hall–Kier alpha value is -0.860. The molecule has 0 N–H and O–H groups in total. The fourth-order valence-corrected chi connectivity index (χ4v) is 4.39. The molecule has 2 atom stereocenters. The quantitative estimate of drug-likeness (QED) is 0.424. The van der Waals surface area contributed by atoms with Crippen molar-refractivity contribution < 1.29 is 9.78 Å². The van der Waals surface area contributed by atoms with Gasteiger partial charge in [-0.1, -0.05) is 30.7 Å². The number of hydrogen-bond donors (Lipinski definition) is 0. The SMILES string of the molecule is C=C1CC/C=C(\C)C[C@H]2OOC(C)(C)C3=C2[C@](C)(CC1)CC3. The molecule has 22 heavy (non-hydrogen) atoms. The molecule has 0 radical (unpaired) electrons. The van der Waals surface area contributed by atoms with Crippen LogP contribution in [0.25, 0.3) is 0 Å². The van der Waals surface area contributed by atoms with Gasteiger partial charge in [-0.2, -0.15) is 0 Å². The first-order chi connectivity index (χ1) is 10.3. The Kier molecular flexibility index (Phi) is 4.11. The first-order valence-corrected chi connectivity index (χ1v) is 8.73. The van der Waals surface area contributed by atoms with Gasteiger partial charge in [0.2, 0.25) is 0 Å². The van der Waals surface area contributed by atoms with E-state index in [4.69, 9.17) is 9.78 Å². The van der Waals surface area contributed by atoms with E-state index in [0.717, 1.165) is 32.1 Å². The van der Waals surface area contributed by atoms with Gasteiger partial charge in [0.05, 0.1) is 0 Å². The van der Waals surface area contributed by atoms with E-state index in [1.54, 1.807) is 0 Å². The molecule has 3 rings (SSSR count). The van der Waals surface area contributed by atoms with Crippen molar-refractivity contribution in [3.63, 3.8) is 0 Å². The van der Waals surface area contributed by atoms with Gasteiger partial charge in [0.15, 0.2) is 0 Å². The Morgan fingerprint density at radius 2 is 1.86 bits per heavy atom. The molecule has 0 aromatic rings. The molecule has 122 valence electrons. The summed E-state index contributed by atoms with van der Waals surface area (Å²) in [6.45, 7) is 13.2. The summed E-state index contributed by atoms with van der Waals surface area (Å²) >= 11 is 0. The van der Waals surface area contributed by atoms with Gasteiger partial charge in [-0.15, -0.1) is 0 Å². The predicted molar refractivity (Wildman–Crippen MR) is 90.4 cm³/mol. The first-order valence-electron chi connectivity index (χ1n) is 8.73. The molecule has 3 aliphatic rings. The Labute approximate surface area is 135 Å². The Morgan fingerprint density at radius 1 is 1.14 bits per heavy atom. The fourth-order valence-electron chi connectivity index (χ4n) is 4.39. The third-order valence-corrected chi connectivity index (χ3v) is 5.85. The molecule has 2 heteroatoms. The van der Waals surface area contributed by atoms with Gasteiger partial charge in [-0.25, -0.2) is 9.78 Å². The van der Waals surface area contributed by atoms with Crippen LogP contribution in [0.1, 0.15) is 72.6 Å². The molecule has 0 aromatic heterocycles.